The van der Waals surface area contributed by atoms with Crippen LogP contribution in [0.3, 0.4) is 0 Å². The van der Waals surface area contributed by atoms with Gasteiger partial charge in [0.1, 0.15) is 0 Å². The quantitative estimate of drug-likeness (QED) is 0.514. The van der Waals surface area contributed by atoms with Crippen LogP contribution in [-0.4, -0.2) is 0 Å². The first kappa shape index (κ1) is 6.45. The maximum absolute atomic E-state index is 2.56. The van der Waals surface area contributed by atoms with Crippen LogP contribution in [0, 0.1) is 40.9 Å². The van der Waals surface area contributed by atoms with E-state index in [1.165, 1.54) is 23.7 Å². The molecule has 0 amide bonds. The van der Waals surface area contributed by atoms with E-state index in [4.69, 9.17) is 0 Å². The highest BCUT2D eigenvalue weighted by molar-refractivity contribution is 5.24. The van der Waals surface area contributed by atoms with Crippen LogP contribution in [0.25, 0.3) is 0 Å². The molecule has 0 radical (unpaired) electrons. The van der Waals surface area contributed by atoms with Crippen molar-refractivity contribution < 1.29 is 0 Å². The maximum atomic E-state index is 2.56. The molecule has 0 aromatic rings. The van der Waals surface area contributed by atoms with E-state index in [1.54, 1.807) is 19.3 Å². The van der Waals surface area contributed by atoms with Crippen LogP contribution in [0.15, 0.2) is 0 Å². The molecule has 0 aromatic carbocycles. The Labute approximate surface area is 74.7 Å². The fourth-order valence-corrected chi connectivity index (χ4v) is 5.25. The molecule has 4 saturated carbocycles. The van der Waals surface area contributed by atoms with Crippen LogP contribution in [0.4, 0.5) is 0 Å². The van der Waals surface area contributed by atoms with Crippen LogP contribution in [-0.2, 0) is 0 Å². The van der Waals surface area contributed by atoms with Gasteiger partial charge in [-0.25, -0.2) is 0 Å². The Bertz CT molecular complexity index is 257. The molecule has 66 valence electrons. The SMILES string of the molecule is CC1C2CC2CC12C(C)C1CC12. The lowest BCUT2D eigenvalue weighted by Gasteiger charge is -2.50. The third-order valence-corrected chi connectivity index (χ3v) is 6.10. The standard InChI is InChI=1S/C12H18/c1-6-9-3-8(9)5-12(6)7(2)10-4-11(10)12/h6-11H,3-5H2,1-2H3. The Hall–Kier alpha value is 0. The second-order valence-corrected chi connectivity index (χ2v) is 6.06. The molecule has 1 spiro atoms. The molecule has 0 bridgehead atoms. The topological polar surface area (TPSA) is 0 Å². The van der Waals surface area contributed by atoms with Crippen molar-refractivity contribution in [2.75, 3.05) is 0 Å². The number of hydrogen-bond donors (Lipinski definition) is 0. The smallest absolute Gasteiger partial charge is 0.0207 e. The molecule has 4 fully saturated rings. The summed E-state index contributed by atoms with van der Waals surface area (Å²) in [6, 6.07) is 0. The molecule has 0 aliphatic heterocycles. The summed E-state index contributed by atoms with van der Waals surface area (Å²) < 4.78 is 0. The van der Waals surface area contributed by atoms with Gasteiger partial charge in [0.05, 0.1) is 0 Å². The number of rotatable bonds is 0. The normalized spacial score (nSPS) is 76.5. The first-order valence-corrected chi connectivity index (χ1v) is 5.75. The van der Waals surface area contributed by atoms with Gasteiger partial charge in [-0.2, -0.15) is 0 Å². The van der Waals surface area contributed by atoms with Crippen molar-refractivity contribution in [3.63, 3.8) is 0 Å². The van der Waals surface area contributed by atoms with Gasteiger partial charge < -0.3 is 0 Å². The number of fused-ring (bicyclic) bond motifs is 3. The molecule has 7 atom stereocenters. The third kappa shape index (κ3) is 0.438. The Morgan fingerprint density at radius 3 is 2.25 bits per heavy atom. The van der Waals surface area contributed by atoms with E-state index in [-0.39, 0.29) is 0 Å². The summed E-state index contributed by atoms with van der Waals surface area (Å²) in [6.45, 7) is 5.10. The Balaban J connectivity index is 1.75. The van der Waals surface area contributed by atoms with Crippen molar-refractivity contribution in [2.45, 2.75) is 33.1 Å². The first-order chi connectivity index (χ1) is 5.75. The summed E-state index contributed by atoms with van der Waals surface area (Å²) >= 11 is 0. The highest BCUT2D eigenvalue weighted by Crippen LogP contribution is 2.82. The minimum atomic E-state index is 0.887. The van der Waals surface area contributed by atoms with Crippen molar-refractivity contribution in [2.24, 2.45) is 40.9 Å². The zero-order valence-corrected chi connectivity index (χ0v) is 8.09. The minimum absolute atomic E-state index is 0.887. The maximum Gasteiger partial charge on any atom is -0.0207 e. The van der Waals surface area contributed by atoms with Gasteiger partial charge in [0.25, 0.3) is 0 Å². The minimum Gasteiger partial charge on any atom is -0.0617 e. The zero-order chi connectivity index (χ0) is 8.09. The summed E-state index contributed by atoms with van der Waals surface area (Å²) in [6.07, 6.45) is 4.82. The molecular weight excluding hydrogens is 144 g/mol. The van der Waals surface area contributed by atoms with Crippen LogP contribution in [0.1, 0.15) is 33.1 Å². The molecule has 4 aliphatic carbocycles. The second-order valence-electron chi connectivity index (χ2n) is 6.06. The van der Waals surface area contributed by atoms with E-state index in [0.29, 0.717) is 0 Å². The van der Waals surface area contributed by atoms with E-state index in [0.717, 1.165) is 17.3 Å². The van der Waals surface area contributed by atoms with Gasteiger partial charge in [-0.1, -0.05) is 13.8 Å². The van der Waals surface area contributed by atoms with Crippen LogP contribution >= 0.6 is 0 Å². The van der Waals surface area contributed by atoms with E-state index < -0.39 is 0 Å². The van der Waals surface area contributed by atoms with Crippen molar-refractivity contribution in [1.29, 1.82) is 0 Å². The first-order valence-electron chi connectivity index (χ1n) is 5.75. The summed E-state index contributed by atoms with van der Waals surface area (Å²) in [5.74, 6) is 6.95. The van der Waals surface area contributed by atoms with Gasteiger partial charge in [0.15, 0.2) is 0 Å². The zero-order valence-electron chi connectivity index (χ0n) is 8.09. The van der Waals surface area contributed by atoms with Crippen molar-refractivity contribution in [3.8, 4) is 0 Å². The average molecular weight is 162 g/mol. The largest absolute Gasteiger partial charge is 0.0617 e. The predicted molar refractivity (Wildman–Crippen MR) is 48.6 cm³/mol. The summed E-state index contributed by atoms with van der Waals surface area (Å²) in [4.78, 5) is 0. The fraction of sp³-hybridized carbons (Fsp3) is 1.00. The van der Waals surface area contributed by atoms with Gasteiger partial charge >= 0.3 is 0 Å². The Morgan fingerprint density at radius 2 is 1.75 bits per heavy atom. The predicted octanol–water partition coefficient (Wildman–Crippen LogP) is 2.93. The summed E-state index contributed by atoms with van der Waals surface area (Å²) in [5.41, 5.74) is 0.887. The van der Waals surface area contributed by atoms with Crippen molar-refractivity contribution >= 4 is 0 Å². The second kappa shape index (κ2) is 1.51. The Morgan fingerprint density at radius 1 is 1.00 bits per heavy atom. The third-order valence-electron chi connectivity index (χ3n) is 6.10. The van der Waals surface area contributed by atoms with E-state index in [9.17, 15) is 0 Å². The number of hydrogen-bond acceptors (Lipinski definition) is 0. The molecule has 0 heterocycles. The van der Waals surface area contributed by atoms with E-state index in [1.807, 2.05) is 0 Å². The highest BCUT2D eigenvalue weighted by Gasteiger charge is 2.76. The van der Waals surface area contributed by atoms with Gasteiger partial charge in [-0.3, -0.25) is 0 Å². The lowest BCUT2D eigenvalue weighted by atomic mass is 9.54. The van der Waals surface area contributed by atoms with Crippen LogP contribution in [0.5, 0.6) is 0 Å². The fourth-order valence-electron chi connectivity index (χ4n) is 5.25. The molecule has 12 heavy (non-hydrogen) atoms. The monoisotopic (exact) mass is 162 g/mol. The summed E-state index contributed by atoms with van der Waals surface area (Å²) in [7, 11) is 0. The van der Waals surface area contributed by atoms with Gasteiger partial charge in [0, 0.05) is 0 Å². The van der Waals surface area contributed by atoms with E-state index >= 15 is 0 Å². The molecule has 0 nitrogen and oxygen atoms in total. The average Bonchev–Trinajstić information content (AvgIpc) is 2.94. The van der Waals surface area contributed by atoms with Gasteiger partial charge in [0.2, 0.25) is 0 Å². The molecular formula is C12H18. The van der Waals surface area contributed by atoms with Crippen LogP contribution in [0.2, 0.25) is 0 Å². The molecule has 0 aromatic heterocycles. The lowest BCUT2D eigenvalue weighted by Crippen LogP contribution is -2.45. The molecule has 0 N–H and O–H groups in total. The van der Waals surface area contributed by atoms with Crippen molar-refractivity contribution in [3.05, 3.63) is 0 Å². The van der Waals surface area contributed by atoms with Crippen LogP contribution < -0.4 is 0 Å². The lowest BCUT2D eigenvalue weighted by molar-refractivity contribution is -0.0248. The van der Waals surface area contributed by atoms with Crippen molar-refractivity contribution in [1.82, 2.24) is 0 Å². The van der Waals surface area contributed by atoms with Gasteiger partial charge in [-0.15, -0.1) is 0 Å². The molecule has 7 unspecified atom stereocenters. The molecule has 0 heteroatoms. The van der Waals surface area contributed by atoms with E-state index in [2.05, 4.69) is 13.8 Å². The molecule has 0 saturated heterocycles. The summed E-state index contributed by atoms with van der Waals surface area (Å²) in [5, 5.41) is 0. The highest BCUT2D eigenvalue weighted by atomic mass is 14.8. The molecule has 4 rings (SSSR count). The Kier molecular flexibility index (Phi) is 0.811. The van der Waals surface area contributed by atoms with Gasteiger partial charge in [-0.05, 0) is 60.2 Å². The molecule has 4 aliphatic rings.